The van der Waals surface area contributed by atoms with Crippen LogP contribution in [0.25, 0.3) is 0 Å². The maximum Gasteiger partial charge on any atom is 0.122 e. The molecule has 12 heavy (non-hydrogen) atoms. The Bertz CT molecular complexity index is 83.9. The molecule has 0 heterocycles. The first-order valence-corrected chi connectivity index (χ1v) is 4.90. The standard InChI is InChI=1S/C10H21O2/c1-4-7-11-9-10(6-3)12-8-5-2/h4-9H2,1-3H3. The van der Waals surface area contributed by atoms with E-state index in [0.717, 1.165) is 38.6 Å². The van der Waals surface area contributed by atoms with Crippen molar-refractivity contribution < 1.29 is 9.47 Å². The van der Waals surface area contributed by atoms with Crippen LogP contribution in [0.4, 0.5) is 0 Å². The van der Waals surface area contributed by atoms with Gasteiger partial charge in [0.2, 0.25) is 0 Å². The Morgan fingerprint density at radius 1 is 1.00 bits per heavy atom. The minimum Gasteiger partial charge on any atom is -0.378 e. The largest absolute Gasteiger partial charge is 0.378 e. The fourth-order valence-electron chi connectivity index (χ4n) is 0.823. The van der Waals surface area contributed by atoms with Gasteiger partial charge in [-0.2, -0.15) is 0 Å². The summed E-state index contributed by atoms with van der Waals surface area (Å²) >= 11 is 0. The van der Waals surface area contributed by atoms with E-state index in [2.05, 4.69) is 20.8 Å². The van der Waals surface area contributed by atoms with Crippen molar-refractivity contribution in [2.75, 3.05) is 19.8 Å². The molecule has 0 N–H and O–H groups in total. The van der Waals surface area contributed by atoms with E-state index < -0.39 is 0 Å². The summed E-state index contributed by atoms with van der Waals surface area (Å²) in [6, 6.07) is 0. The van der Waals surface area contributed by atoms with Gasteiger partial charge >= 0.3 is 0 Å². The average molecular weight is 173 g/mol. The number of ether oxygens (including phenoxy) is 2. The van der Waals surface area contributed by atoms with Crippen molar-refractivity contribution in [2.45, 2.75) is 40.0 Å². The molecule has 0 aromatic heterocycles. The summed E-state index contributed by atoms with van der Waals surface area (Å²) in [6.45, 7) is 8.64. The number of rotatable bonds is 8. The van der Waals surface area contributed by atoms with Crippen molar-refractivity contribution in [3.63, 3.8) is 0 Å². The van der Waals surface area contributed by atoms with Crippen LogP contribution in [0.2, 0.25) is 0 Å². The number of hydrogen-bond donors (Lipinski definition) is 0. The molecule has 2 heteroatoms. The van der Waals surface area contributed by atoms with Crippen molar-refractivity contribution in [3.05, 3.63) is 6.10 Å². The summed E-state index contributed by atoms with van der Waals surface area (Å²) in [4.78, 5) is 0. The van der Waals surface area contributed by atoms with Crippen LogP contribution in [0, 0.1) is 6.10 Å². The van der Waals surface area contributed by atoms with E-state index in [1.54, 1.807) is 0 Å². The second-order valence-electron chi connectivity index (χ2n) is 2.79. The summed E-state index contributed by atoms with van der Waals surface area (Å²) in [6.07, 6.45) is 4.18. The van der Waals surface area contributed by atoms with Gasteiger partial charge in [0, 0.05) is 13.2 Å². The highest BCUT2D eigenvalue weighted by Crippen LogP contribution is 2.08. The van der Waals surface area contributed by atoms with Crippen LogP contribution in [0.3, 0.4) is 0 Å². The van der Waals surface area contributed by atoms with Crippen molar-refractivity contribution in [2.24, 2.45) is 0 Å². The van der Waals surface area contributed by atoms with Gasteiger partial charge in [0.25, 0.3) is 0 Å². The molecule has 0 aliphatic carbocycles. The minimum absolute atomic E-state index is 0.671. The Morgan fingerprint density at radius 3 is 2.17 bits per heavy atom. The third-order valence-corrected chi connectivity index (χ3v) is 1.52. The molecule has 2 nitrogen and oxygen atoms in total. The minimum atomic E-state index is 0.671. The predicted molar refractivity (Wildman–Crippen MR) is 50.9 cm³/mol. The highest BCUT2D eigenvalue weighted by atomic mass is 16.5. The fraction of sp³-hybridized carbons (Fsp3) is 0.900. The molecule has 0 fully saturated rings. The summed E-state index contributed by atoms with van der Waals surface area (Å²) < 4.78 is 10.8. The van der Waals surface area contributed by atoms with Gasteiger partial charge in [-0.05, 0) is 19.3 Å². The van der Waals surface area contributed by atoms with Gasteiger partial charge in [0.1, 0.15) is 6.10 Å². The van der Waals surface area contributed by atoms with Crippen LogP contribution in [-0.4, -0.2) is 19.8 Å². The SMILES string of the molecule is CCCOC[C](CC)OCCC. The first kappa shape index (κ1) is 11.9. The quantitative estimate of drug-likeness (QED) is 0.525. The Hall–Kier alpha value is -0.0800. The zero-order chi connectivity index (χ0) is 9.23. The van der Waals surface area contributed by atoms with Crippen LogP contribution in [-0.2, 0) is 9.47 Å². The molecule has 0 bridgehead atoms. The van der Waals surface area contributed by atoms with Crippen molar-refractivity contribution in [1.82, 2.24) is 0 Å². The maximum atomic E-state index is 5.48. The second kappa shape index (κ2) is 9.01. The monoisotopic (exact) mass is 173 g/mol. The van der Waals surface area contributed by atoms with Gasteiger partial charge in [0.05, 0.1) is 6.61 Å². The topological polar surface area (TPSA) is 18.5 Å². The first-order valence-electron chi connectivity index (χ1n) is 4.90. The molecule has 0 saturated heterocycles. The van der Waals surface area contributed by atoms with Crippen molar-refractivity contribution in [1.29, 1.82) is 0 Å². The van der Waals surface area contributed by atoms with E-state index in [0.29, 0.717) is 6.61 Å². The second-order valence-corrected chi connectivity index (χ2v) is 2.79. The molecule has 73 valence electrons. The molecule has 0 amide bonds. The van der Waals surface area contributed by atoms with Crippen LogP contribution in [0.1, 0.15) is 40.0 Å². The average Bonchev–Trinajstić information content (AvgIpc) is 2.11. The summed E-state index contributed by atoms with van der Waals surface area (Å²) in [5.74, 6) is 0. The maximum absolute atomic E-state index is 5.48. The zero-order valence-corrected chi connectivity index (χ0v) is 8.56. The lowest BCUT2D eigenvalue weighted by atomic mass is 10.3. The Labute approximate surface area is 76.3 Å². The highest BCUT2D eigenvalue weighted by molar-refractivity contribution is 4.75. The molecule has 0 spiro atoms. The van der Waals surface area contributed by atoms with E-state index in [1.807, 2.05) is 0 Å². The molecular weight excluding hydrogens is 152 g/mol. The Morgan fingerprint density at radius 2 is 1.67 bits per heavy atom. The van der Waals surface area contributed by atoms with Crippen molar-refractivity contribution >= 4 is 0 Å². The van der Waals surface area contributed by atoms with Gasteiger partial charge in [-0.25, -0.2) is 0 Å². The van der Waals surface area contributed by atoms with E-state index in [9.17, 15) is 0 Å². The molecule has 0 atom stereocenters. The van der Waals surface area contributed by atoms with E-state index in [-0.39, 0.29) is 0 Å². The molecule has 0 aromatic carbocycles. The molecule has 0 aromatic rings. The van der Waals surface area contributed by atoms with Gasteiger partial charge < -0.3 is 9.47 Å². The van der Waals surface area contributed by atoms with Crippen LogP contribution in [0.5, 0.6) is 0 Å². The lowest BCUT2D eigenvalue weighted by Gasteiger charge is -2.13. The molecule has 0 aliphatic rings. The lowest BCUT2D eigenvalue weighted by molar-refractivity contribution is 0.0485. The highest BCUT2D eigenvalue weighted by Gasteiger charge is 2.06. The first-order chi connectivity index (χ1) is 5.85. The van der Waals surface area contributed by atoms with Crippen LogP contribution in [0.15, 0.2) is 0 Å². The normalized spacial score (nSPS) is 11.0. The van der Waals surface area contributed by atoms with E-state index >= 15 is 0 Å². The zero-order valence-electron chi connectivity index (χ0n) is 8.56. The van der Waals surface area contributed by atoms with Gasteiger partial charge in [-0.1, -0.05) is 20.8 Å². The van der Waals surface area contributed by atoms with Crippen molar-refractivity contribution in [3.8, 4) is 0 Å². The number of hydrogen-bond acceptors (Lipinski definition) is 2. The third-order valence-electron chi connectivity index (χ3n) is 1.52. The molecule has 0 rings (SSSR count). The molecular formula is C10H21O2. The summed E-state index contributed by atoms with van der Waals surface area (Å²) in [7, 11) is 0. The smallest absolute Gasteiger partial charge is 0.122 e. The van der Waals surface area contributed by atoms with Gasteiger partial charge in [-0.3, -0.25) is 0 Å². The molecule has 0 unspecified atom stereocenters. The van der Waals surface area contributed by atoms with E-state index in [4.69, 9.17) is 9.47 Å². The fourth-order valence-corrected chi connectivity index (χ4v) is 0.823. The predicted octanol–water partition coefficient (Wildman–Crippen LogP) is 2.78. The summed E-state index contributed by atoms with van der Waals surface area (Å²) in [5, 5.41) is 0. The van der Waals surface area contributed by atoms with Crippen LogP contribution < -0.4 is 0 Å². The Balaban J connectivity index is 3.26. The van der Waals surface area contributed by atoms with Gasteiger partial charge in [-0.15, -0.1) is 0 Å². The van der Waals surface area contributed by atoms with Crippen LogP contribution >= 0.6 is 0 Å². The summed E-state index contributed by atoms with van der Waals surface area (Å²) in [5.41, 5.74) is 0. The third kappa shape index (κ3) is 6.62. The lowest BCUT2D eigenvalue weighted by Crippen LogP contribution is -2.11. The Kier molecular flexibility index (Phi) is 8.95. The molecule has 0 aliphatic heterocycles. The van der Waals surface area contributed by atoms with E-state index in [1.165, 1.54) is 0 Å². The molecule has 0 saturated carbocycles. The van der Waals surface area contributed by atoms with Gasteiger partial charge in [0.15, 0.2) is 0 Å². The molecule has 1 radical (unpaired) electrons.